The maximum Gasteiger partial charge on any atom is 0.252 e. The molecule has 2 heterocycles. The first-order valence-electron chi connectivity index (χ1n) is 8.54. The van der Waals surface area contributed by atoms with Crippen molar-refractivity contribution in [2.75, 3.05) is 25.0 Å². The molecule has 0 amide bonds. The molecule has 0 aliphatic carbocycles. The van der Waals surface area contributed by atoms with E-state index in [4.69, 9.17) is 5.73 Å². The minimum Gasteiger partial charge on any atom is -0.370 e. The fraction of sp³-hybridized carbons (Fsp3) is 0.389. The van der Waals surface area contributed by atoms with Crippen molar-refractivity contribution in [1.82, 2.24) is 4.31 Å². The lowest BCUT2D eigenvalue weighted by molar-refractivity contribution is 0.461. The highest BCUT2D eigenvalue weighted by Crippen LogP contribution is 2.27. The average Bonchev–Trinajstić information content (AvgIpc) is 3.28. The Balaban J connectivity index is 0.00000261. The van der Waals surface area contributed by atoms with Crippen molar-refractivity contribution in [3.63, 3.8) is 0 Å². The van der Waals surface area contributed by atoms with Gasteiger partial charge in [0.15, 0.2) is 5.96 Å². The second-order valence-electron chi connectivity index (χ2n) is 6.60. The number of benzene rings is 1. The number of halogens is 1. The molecule has 1 aromatic heterocycles. The molecule has 0 radical (unpaired) electrons. The monoisotopic (exact) mass is 520 g/mol. The minimum absolute atomic E-state index is 0. The summed E-state index contributed by atoms with van der Waals surface area (Å²) in [7, 11) is -3.37. The Labute approximate surface area is 181 Å². The summed E-state index contributed by atoms with van der Waals surface area (Å²) in [6.45, 7) is 5.65. The van der Waals surface area contributed by atoms with Gasteiger partial charge in [-0.1, -0.05) is 12.1 Å². The van der Waals surface area contributed by atoms with Crippen LogP contribution in [0.4, 0.5) is 5.69 Å². The Morgan fingerprint density at radius 3 is 2.78 bits per heavy atom. The smallest absolute Gasteiger partial charge is 0.252 e. The number of rotatable bonds is 5. The SMILES string of the molecule is Cc1ccc(NC(N)=NCC2CCN(S(=O)(=O)c3cccs3)C2)cc1C.I. The van der Waals surface area contributed by atoms with Crippen LogP contribution in [0.2, 0.25) is 0 Å². The number of aryl methyl sites for hydroxylation is 2. The van der Waals surface area contributed by atoms with Crippen LogP contribution in [0.1, 0.15) is 17.5 Å². The highest BCUT2D eigenvalue weighted by molar-refractivity contribution is 14.0. The summed E-state index contributed by atoms with van der Waals surface area (Å²) in [5, 5.41) is 4.88. The fourth-order valence-electron chi connectivity index (χ4n) is 2.94. The van der Waals surface area contributed by atoms with Crippen LogP contribution in [-0.2, 0) is 10.0 Å². The number of aliphatic imine (C=N–C) groups is 1. The van der Waals surface area contributed by atoms with E-state index in [1.807, 2.05) is 18.2 Å². The van der Waals surface area contributed by atoms with E-state index in [0.29, 0.717) is 29.8 Å². The Hall–Kier alpha value is -1.17. The van der Waals surface area contributed by atoms with Gasteiger partial charge in [0.1, 0.15) is 4.21 Å². The summed E-state index contributed by atoms with van der Waals surface area (Å²) in [5.41, 5.74) is 9.30. The van der Waals surface area contributed by atoms with Crippen molar-refractivity contribution in [3.05, 3.63) is 46.8 Å². The van der Waals surface area contributed by atoms with Crippen LogP contribution in [-0.4, -0.2) is 38.3 Å². The van der Waals surface area contributed by atoms with Crippen molar-refractivity contribution in [2.45, 2.75) is 24.5 Å². The Bertz CT molecular complexity index is 898. The van der Waals surface area contributed by atoms with Gasteiger partial charge in [-0.2, -0.15) is 4.31 Å². The van der Waals surface area contributed by atoms with E-state index < -0.39 is 10.0 Å². The molecule has 1 saturated heterocycles. The summed E-state index contributed by atoms with van der Waals surface area (Å²) in [4.78, 5) is 4.40. The Kier molecular flexibility index (Phi) is 7.66. The molecule has 1 fully saturated rings. The van der Waals surface area contributed by atoms with E-state index >= 15 is 0 Å². The van der Waals surface area contributed by atoms with E-state index in [2.05, 4.69) is 24.2 Å². The fourth-order valence-corrected chi connectivity index (χ4v) is 5.61. The van der Waals surface area contributed by atoms with Crippen LogP contribution in [0.5, 0.6) is 0 Å². The van der Waals surface area contributed by atoms with Crippen molar-refractivity contribution < 1.29 is 8.42 Å². The van der Waals surface area contributed by atoms with E-state index in [0.717, 1.165) is 12.1 Å². The molecule has 1 aliphatic heterocycles. The maximum atomic E-state index is 12.5. The third kappa shape index (κ3) is 5.43. The van der Waals surface area contributed by atoms with Crippen LogP contribution in [0.15, 0.2) is 44.9 Å². The molecule has 148 valence electrons. The predicted octanol–water partition coefficient (Wildman–Crippen LogP) is 3.42. The van der Waals surface area contributed by atoms with Gasteiger partial charge in [0.2, 0.25) is 0 Å². The lowest BCUT2D eigenvalue weighted by Gasteiger charge is -2.15. The molecule has 3 rings (SSSR count). The average molecular weight is 520 g/mol. The molecule has 3 N–H and O–H groups in total. The van der Waals surface area contributed by atoms with Gasteiger partial charge in [-0.3, -0.25) is 4.99 Å². The largest absolute Gasteiger partial charge is 0.370 e. The van der Waals surface area contributed by atoms with Gasteiger partial charge < -0.3 is 11.1 Å². The topological polar surface area (TPSA) is 87.8 Å². The van der Waals surface area contributed by atoms with Crippen molar-refractivity contribution in [2.24, 2.45) is 16.6 Å². The summed E-state index contributed by atoms with van der Waals surface area (Å²) in [5.74, 6) is 0.539. The van der Waals surface area contributed by atoms with Crippen LogP contribution >= 0.6 is 35.3 Å². The number of nitrogens with zero attached hydrogens (tertiary/aromatic N) is 2. The summed E-state index contributed by atoms with van der Waals surface area (Å²) < 4.78 is 27.0. The van der Waals surface area contributed by atoms with Gasteiger partial charge in [-0.25, -0.2) is 8.42 Å². The zero-order chi connectivity index (χ0) is 18.7. The quantitative estimate of drug-likeness (QED) is 0.360. The number of hydrogen-bond donors (Lipinski definition) is 2. The van der Waals surface area contributed by atoms with Crippen molar-refractivity contribution in [1.29, 1.82) is 0 Å². The van der Waals surface area contributed by atoms with Crippen LogP contribution < -0.4 is 11.1 Å². The highest BCUT2D eigenvalue weighted by Gasteiger charge is 2.32. The van der Waals surface area contributed by atoms with Gasteiger partial charge in [-0.05, 0) is 60.9 Å². The number of nitrogens with one attached hydrogen (secondary N) is 1. The van der Waals surface area contributed by atoms with E-state index in [1.54, 1.807) is 21.8 Å². The molecule has 6 nitrogen and oxygen atoms in total. The van der Waals surface area contributed by atoms with Crippen LogP contribution in [0.25, 0.3) is 0 Å². The van der Waals surface area contributed by atoms with Gasteiger partial charge in [0.05, 0.1) is 0 Å². The molecule has 9 heteroatoms. The first-order chi connectivity index (χ1) is 12.4. The number of anilines is 1. The number of sulfonamides is 1. The standard InChI is InChI=1S/C18H24N4O2S2.HI/c1-13-5-6-16(10-14(13)2)21-18(19)20-11-15-7-8-22(12-15)26(23,24)17-4-3-9-25-17;/h3-6,9-10,15H,7-8,11-12H2,1-2H3,(H3,19,20,21);1H. The summed E-state index contributed by atoms with van der Waals surface area (Å²) in [6, 6.07) is 9.44. The molecule has 1 unspecified atom stereocenters. The molecule has 1 aromatic carbocycles. The number of hydrogen-bond acceptors (Lipinski definition) is 4. The molecular weight excluding hydrogens is 495 g/mol. The van der Waals surface area contributed by atoms with Gasteiger partial charge >= 0.3 is 0 Å². The number of nitrogens with two attached hydrogens (primary N) is 1. The lowest BCUT2D eigenvalue weighted by atomic mass is 10.1. The number of thiophene rings is 1. The minimum atomic E-state index is -3.37. The maximum absolute atomic E-state index is 12.5. The molecule has 27 heavy (non-hydrogen) atoms. The van der Waals surface area contributed by atoms with E-state index in [-0.39, 0.29) is 29.9 Å². The molecule has 0 spiro atoms. The van der Waals surface area contributed by atoms with Gasteiger partial charge in [-0.15, -0.1) is 35.3 Å². The first kappa shape index (κ1) is 22.1. The van der Waals surface area contributed by atoms with Gasteiger partial charge in [0.25, 0.3) is 10.0 Å². The highest BCUT2D eigenvalue weighted by atomic mass is 127. The molecule has 1 atom stereocenters. The molecular formula is C18H25IN4O2S2. The zero-order valence-electron chi connectivity index (χ0n) is 15.4. The predicted molar refractivity (Wildman–Crippen MR) is 123 cm³/mol. The van der Waals surface area contributed by atoms with E-state index in [1.165, 1.54) is 22.5 Å². The Morgan fingerprint density at radius 1 is 1.33 bits per heavy atom. The zero-order valence-corrected chi connectivity index (χ0v) is 19.3. The Morgan fingerprint density at radius 2 is 2.11 bits per heavy atom. The van der Waals surface area contributed by atoms with Crippen LogP contribution in [0, 0.1) is 19.8 Å². The number of guanidine groups is 1. The van der Waals surface area contributed by atoms with Gasteiger partial charge in [0, 0.05) is 25.3 Å². The third-order valence-corrected chi connectivity index (χ3v) is 7.88. The van der Waals surface area contributed by atoms with Crippen molar-refractivity contribution >= 4 is 57.0 Å². The molecule has 0 bridgehead atoms. The molecule has 2 aromatic rings. The van der Waals surface area contributed by atoms with Crippen molar-refractivity contribution in [3.8, 4) is 0 Å². The second kappa shape index (κ2) is 9.35. The van der Waals surface area contributed by atoms with Crippen LogP contribution in [0.3, 0.4) is 0 Å². The summed E-state index contributed by atoms with van der Waals surface area (Å²) >= 11 is 1.25. The summed E-state index contributed by atoms with van der Waals surface area (Å²) in [6.07, 6.45) is 0.797. The first-order valence-corrected chi connectivity index (χ1v) is 10.9. The molecule has 0 saturated carbocycles. The lowest BCUT2D eigenvalue weighted by Crippen LogP contribution is -2.29. The normalized spacial score (nSPS) is 18.3. The second-order valence-corrected chi connectivity index (χ2v) is 9.71. The molecule has 1 aliphatic rings. The van der Waals surface area contributed by atoms with E-state index in [9.17, 15) is 8.42 Å². The third-order valence-electron chi connectivity index (χ3n) is 4.64.